The van der Waals surface area contributed by atoms with Crippen LogP contribution in [0.1, 0.15) is 52.0 Å². The minimum atomic E-state index is -0.751. The highest BCUT2D eigenvalue weighted by molar-refractivity contribution is 5.20. The number of unbranched alkanes of at least 4 members (excludes halogenated alkanes) is 1. The largest absolute Gasteiger partial charge is 0.314 e. The smallest absolute Gasteiger partial charge is 0.162 e. The molecule has 0 aliphatic rings. The zero-order valence-electron chi connectivity index (χ0n) is 12.9. The third-order valence-electron chi connectivity index (χ3n) is 3.96. The molecule has 0 aromatic heterocycles. The maximum atomic E-state index is 13.8. The van der Waals surface area contributed by atoms with Crippen LogP contribution in [-0.2, 0) is 6.42 Å². The van der Waals surface area contributed by atoms with Gasteiger partial charge < -0.3 is 5.32 Å². The molecule has 0 saturated heterocycles. The van der Waals surface area contributed by atoms with Gasteiger partial charge in [-0.25, -0.2) is 8.78 Å². The summed E-state index contributed by atoms with van der Waals surface area (Å²) in [7, 11) is 0. The molecule has 0 heterocycles. The van der Waals surface area contributed by atoms with Gasteiger partial charge in [-0.1, -0.05) is 52.2 Å². The van der Waals surface area contributed by atoms with E-state index >= 15 is 0 Å². The first-order valence-corrected chi connectivity index (χ1v) is 7.80. The Balaban J connectivity index is 2.81. The van der Waals surface area contributed by atoms with E-state index in [1.807, 2.05) is 0 Å². The van der Waals surface area contributed by atoms with E-state index in [-0.39, 0.29) is 6.04 Å². The highest BCUT2D eigenvalue weighted by Gasteiger charge is 2.21. The number of halogens is 2. The molecule has 20 heavy (non-hydrogen) atoms. The van der Waals surface area contributed by atoms with Gasteiger partial charge in [0.1, 0.15) is 0 Å². The van der Waals surface area contributed by atoms with Gasteiger partial charge in [-0.2, -0.15) is 0 Å². The molecule has 0 fully saturated rings. The lowest BCUT2D eigenvalue weighted by atomic mass is 9.87. The summed E-state index contributed by atoms with van der Waals surface area (Å²) in [6.07, 6.45) is 5.12. The van der Waals surface area contributed by atoms with E-state index in [0.29, 0.717) is 17.9 Å². The lowest BCUT2D eigenvalue weighted by Gasteiger charge is -2.27. The van der Waals surface area contributed by atoms with Gasteiger partial charge in [-0.3, -0.25) is 0 Å². The van der Waals surface area contributed by atoms with Crippen molar-refractivity contribution in [3.05, 3.63) is 35.4 Å². The highest BCUT2D eigenvalue weighted by Crippen LogP contribution is 2.22. The van der Waals surface area contributed by atoms with Crippen LogP contribution in [-0.4, -0.2) is 12.6 Å². The zero-order chi connectivity index (χ0) is 15.0. The Labute approximate surface area is 121 Å². The van der Waals surface area contributed by atoms with Gasteiger partial charge in [0.25, 0.3) is 0 Å². The van der Waals surface area contributed by atoms with Crippen LogP contribution in [0.25, 0.3) is 0 Å². The molecular formula is C17H27F2N. The maximum Gasteiger partial charge on any atom is 0.162 e. The van der Waals surface area contributed by atoms with Crippen LogP contribution in [0.4, 0.5) is 8.78 Å². The third kappa shape index (κ3) is 4.86. The second-order valence-corrected chi connectivity index (χ2v) is 5.39. The van der Waals surface area contributed by atoms with Crippen molar-refractivity contribution in [2.24, 2.45) is 5.92 Å². The van der Waals surface area contributed by atoms with Crippen LogP contribution in [0.3, 0.4) is 0 Å². The van der Waals surface area contributed by atoms with Gasteiger partial charge in [0.15, 0.2) is 11.6 Å². The number of rotatable bonds is 9. The summed E-state index contributed by atoms with van der Waals surface area (Å²) < 4.78 is 27.1. The molecule has 1 aromatic carbocycles. The number of hydrogen-bond donors (Lipinski definition) is 1. The SMILES string of the molecule is CCCCC(CC)C(Cc1cccc(F)c1F)NCC. The standard InChI is InChI=1S/C17H27F2N/c1-4-7-9-13(5-2)16(20-6-3)12-14-10-8-11-15(18)17(14)19/h8,10-11,13,16,20H,4-7,9,12H2,1-3H3. The van der Waals surface area contributed by atoms with Crippen molar-refractivity contribution >= 4 is 0 Å². The topological polar surface area (TPSA) is 12.0 Å². The van der Waals surface area contributed by atoms with Crippen molar-refractivity contribution in [1.82, 2.24) is 5.32 Å². The molecule has 0 radical (unpaired) electrons. The summed E-state index contributed by atoms with van der Waals surface area (Å²) in [6, 6.07) is 4.67. The van der Waals surface area contributed by atoms with Gasteiger partial charge >= 0.3 is 0 Å². The Morgan fingerprint density at radius 1 is 1.15 bits per heavy atom. The first-order valence-electron chi connectivity index (χ1n) is 7.80. The average molecular weight is 283 g/mol. The van der Waals surface area contributed by atoms with Crippen molar-refractivity contribution in [2.75, 3.05) is 6.54 Å². The average Bonchev–Trinajstić information content (AvgIpc) is 2.44. The van der Waals surface area contributed by atoms with Gasteiger partial charge in [0.05, 0.1) is 0 Å². The van der Waals surface area contributed by atoms with E-state index in [0.717, 1.165) is 19.4 Å². The second-order valence-electron chi connectivity index (χ2n) is 5.39. The van der Waals surface area contributed by atoms with Crippen LogP contribution in [0, 0.1) is 17.6 Å². The monoisotopic (exact) mass is 283 g/mol. The summed E-state index contributed by atoms with van der Waals surface area (Å²) >= 11 is 0. The minimum Gasteiger partial charge on any atom is -0.314 e. The molecule has 1 rings (SSSR count). The zero-order valence-corrected chi connectivity index (χ0v) is 12.9. The van der Waals surface area contributed by atoms with Crippen molar-refractivity contribution in [3.63, 3.8) is 0 Å². The summed E-state index contributed by atoms with van der Waals surface area (Å²) in [5.41, 5.74) is 0.478. The molecule has 1 nitrogen and oxygen atoms in total. The minimum absolute atomic E-state index is 0.216. The summed E-state index contributed by atoms with van der Waals surface area (Å²) in [4.78, 5) is 0. The van der Waals surface area contributed by atoms with Crippen molar-refractivity contribution < 1.29 is 8.78 Å². The fourth-order valence-electron chi connectivity index (χ4n) is 2.77. The molecule has 0 bridgehead atoms. The van der Waals surface area contributed by atoms with E-state index in [4.69, 9.17) is 0 Å². The Morgan fingerprint density at radius 3 is 2.50 bits per heavy atom. The summed E-state index contributed by atoms with van der Waals surface area (Å²) in [6.45, 7) is 7.26. The number of hydrogen-bond acceptors (Lipinski definition) is 1. The number of benzene rings is 1. The fourth-order valence-corrected chi connectivity index (χ4v) is 2.77. The van der Waals surface area contributed by atoms with Crippen LogP contribution in [0.5, 0.6) is 0 Å². The molecular weight excluding hydrogens is 256 g/mol. The lowest BCUT2D eigenvalue weighted by molar-refractivity contribution is 0.316. The summed E-state index contributed by atoms with van der Waals surface area (Å²) in [5, 5.41) is 3.45. The van der Waals surface area contributed by atoms with E-state index in [1.54, 1.807) is 12.1 Å². The van der Waals surface area contributed by atoms with Crippen molar-refractivity contribution in [3.8, 4) is 0 Å². The molecule has 0 aliphatic heterocycles. The lowest BCUT2D eigenvalue weighted by Crippen LogP contribution is -2.38. The van der Waals surface area contributed by atoms with Gasteiger partial charge in [0.2, 0.25) is 0 Å². The Morgan fingerprint density at radius 2 is 1.90 bits per heavy atom. The predicted octanol–water partition coefficient (Wildman–Crippen LogP) is 4.70. The van der Waals surface area contributed by atoms with E-state index in [2.05, 4.69) is 26.1 Å². The molecule has 0 amide bonds. The van der Waals surface area contributed by atoms with E-state index < -0.39 is 11.6 Å². The summed E-state index contributed by atoms with van der Waals surface area (Å²) in [5.74, 6) is -0.933. The molecule has 0 saturated carbocycles. The van der Waals surface area contributed by atoms with Gasteiger partial charge in [-0.05, 0) is 36.9 Å². The van der Waals surface area contributed by atoms with E-state index in [9.17, 15) is 8.78 Å². The Kier molecular flexibility index (Phi) is 7.75. The molecule has 114 valence electrons. The van der Waals surface area contributed by atoms with Crippen molar-refractivity contribution in [1.29, 1.82) is 0 Å². The number of nitrogens with one attached hydrogen (secondary N) is 1. The Bertz CT molecular complexity index is 393. The molecule has 1 aromatic rings. The van der Waals surface area contributed by atoms with Crippen LogP contribution in [0.2, 0.25) is 0 Å². The Hall–Kier alpha value is -0.960. The molecule has 3 heteroatoms. The highest BCUT2D eigenvalue weighted by atomic mass is 19.2. The second kappa shape index (κ2) is 9.06. The molecule has 2 unspecified atom stereocenters. The van der Waals surface area contributed by atoms with Gasteiger partial charge in [0, 0.05) is 6.04 Å². The molecule has 0 spiro atoms. The molecule has 2 atom stereocenters. The first-order chi connectivity index (χ1) is 9.63. The molecule has 0 aliphatic carbocycles. The predicted molar refractivity (Wildman–Crippen MR) is 80.8 cm³/mol. The first kappa shape index (κ1) is 17.1. The fraction of sp³-hybridized carbons (Fsp3) is 0.647. The van der Waals surface area contributed by atoms with Crippen LogP contribution >= 0.6 is 0 Å². The van der Waals surface area contributed by atoms with Crippen LogP contribution in [0.15, 0.2) is 18.2 Å². The van der Waals surface area contributed by atoms with E-state index in [1.165, 1.54) is 18.9 Å². The van der Waals surface area contributed by atoms with Gasteiger partial charge in [-0.15, -0.1) is 0 Å². The van der Waals surface area contributed by atoms with Crippen LogP contribution < -0.4 is 5.32 Å². The maximum absolute atomic E-state index is 13.8. The molecule has 1 N–H and O–H groups in total. The number of likely N-dealkylation sites (N-methyl/N-ethyl adjacent to an activating group) is 1. The quantitative estimate of drug-likeness (QED) is 0.692. The van der Waals surface area contributed by atoms with Crippen molar-refractivity contribution in [2.45, 2.75) is 58.9 Å². The normalized spacial score (nSPS) is 14.2. The third-order valence-corrected chi connectivity index (χ3v) is 3.96.